The molecule has 1 aliphatic heterocycles. The van der Waals surface area contributed by atoms with Gasteiger partial charge in [0.15, 0.2) is 0 Å². The van der Waals surface area contributed by atoms with Crippen LogP contribution in [0.5, 0.6) is 0 Å². The minimum atomic E-state index is -0.524. The van der Waals surface area contributed by atoms with E-state index in [1.807, 2.05) is 17.9 Å². The number of thiophene rings is 1. The zero-order chi connectivity index (χ0) is 17.1. The first-order valence-electron chi connectivity index (χ1n) is 7.92. The van der Waals surface area contributed by atoms with E-state index in [0.29, 0.717) is 23.0 Å². The molecule has 128 valence electrons. The molecule has 0 spiro atoms. The van der Waals surface area contributed by atoms with Gasteiger partial charge in [-0.3, -0.25) is 19.2 Å². The first-order valence-corrected chi connectivity index (χ1v) is 8.80. The van der Waals surface area contributed by atoms with E-state index in [2.05, 4.69) is 21.4 Å². The predicted molar refractivity (Wildman–Crippen MR) is 93.1 cm³/mol. The van der Waals surface area contributed by atoms with Crippen molar-refractivity contribution in [1.29, 1.82) is 0 Å². The first-order chi connectivity index (χ1) is 11.5. The second kappa shape index (κ2) is 7.14. The molecule has 24 heavy (non-hydrogen) atoms. The second-order valence-electron chi connectivity index (χ2n) is 6.01. The number of hydrogen-bond donors (Lipinski definition) is 2. The molecule has 1 aliphatic rings. The summed E-state index contributed by atoms with van der Waals surface area (Å²) in [5.74, 6) is -0.141. The zero-order valence-corrected chi connectivity index (χ0v) is 14.4. The topological polar surface area (TPSA) is 93.2 Å². The van der Waals surface area contributed by atoms with Crippen LogP contribution in [0.2, 0.25) is 0 Å². The molecule has 3 heterocycles. The highest BCUT2D eigenvalue weighted by Gasteiger charge is 2.24. The molecule has 1 fully saturated rings. The van der Waals surface area contributed by atoms with E-state index in [0.717, 1.165) is 25.9 Å². The van der Waals surface area contributed by atoms with Crippen molar-refractivity contribution in [3.8, 4) is 0 Å². The van der Waals surface area contributed by atoms with Gasteiger partial charge in [0, 0.05) is 24.9 Å². The number of carbonyl (C=O) groups excluding carboxylic acids is 2. The summed E-state index contributed by atoms with van der Waals surface area (Å²) in [4.78, 5) is 25.6. The maximum absolute atomic E-state index is 12.2. The van der Waals surface area contributed by atoms with Crippen molar-refractivity contribution < 1.29 is 9.59 Å². The number of piperidine rings is 1. The Labute approximate surface area is 144 Å². The molecule has 2 aromatic rings. The maximum atomic E-state index is 12.2. The number of hydrogen-bond acceptors (Lipinski definition) is 5. The standard InChI is InChI=1S/C16H21N5O2S/c1-20-13(2-6-18-20)11-3-7-21(8-4-11)10-14(22)19-16-12(15(17)23)5-9-24-16/h2,5-6,9,11H,3-4,7-8,10H2,1H3,(H2,17,23)(H,19,22). The fourth-order valence-electron chi connectivity index (χ4n) is 3.14. The average Bonchev–Trinajstić information content (AvgIpc) is 3.17. The number of nitrogens with zero attached hydrogens (tertiary/aromatic N) is 3. The first kappa shape index (κ1) is 16.7. The summed E-state index contributed by atoms with van der Waals surface area (Å²) in [5.41, 5.74) is 6.91. The third-order valence-electron chi connectivity index (χ3n) is 4.42. The van der Waals surface area contributed by atoms with Crippen molar-refractivity contribution in [2.75, 3.05) is 25.0 Å². The minimum Gasteiger partial charge on any atom is -0.366 e. The maximum Gasteiger partial charge on any atom is 0.251 e. The molecule has 7 nitrogen and oxygen atoms in total. The van der Waals surface area contributed by atoms with Gasteiger partial charge in [-0.15, -0.1) is 11.3 Å². The summed E-state index contributed by atoms with van der Waals surface area (Å²) < 4.78 is 1.93. The molecule has 0 bridgehead atoms. The van der Waals surface area contributed by atoms with Crippen LogP contribution in [0, 0.1) is 0 Å². The lowest BCUT2D eigenvalue weighted by Crippen LogP contribution is -2.39. The van der Waals surface area contributed by atoms with Crippen LogP contribution in [0.1, 0.15) is 34.8 Å². The fourth-order valence-corrected chi connectivity index (χ4v) is 3.95. The van der Waals surface area contributed by atoms with Crippen LogP contribution in [0.25, 0.3) is 0 Å². The van der Waals surface area contributed by atoms with Crippen LogP contribution in [0.4, 0.5) is 5.00 Å². The van der Waals surface area contributed by atoms with Crippen LogP contribution in [0.15, 0.2) is 23.7 Å². The Morgan fingerprint density at radius 1 is 1.38 bits per heavy atom. The van der Waals surface area contributed by atoms with Gasteiger partial charge in [0.1, 0.15) is 5.00 Å². The van der Waals surface area contributed by atoms with E-state index < -0.39 is 5.91 Å². The van der Waals surface area contributed by atoms with E-state index >= 15 is 0 Å². The Bertz CT molecular complexity index is 730. The Morgan fingerprint density at radius 3 is 2.75 bits per heavy atom. The number of carbonyl (C=O) groups is 2. The number of nitrogens with one attached hydrogen (secondary N) is 1. The van der Waals surface area contributed by atoms with Gasteiger partial charge in [-0.1, -0.05) is 0 Å². The molecule has 8 heteroatoms. The van der Waals surface area contributed by atoms with Gasteiger partial charge < -0.3 is 11.1 Å². The molecule has 1 saturated heterocycles. The van der Waals surface area contributed by atoms with Crippen LogP contribution in [-0.2, 0) is 11.8 Å². The Hall–Kier alpha value is -2.19. The van der Waals surface area contributed by atoms with Gasteiger partial charge in [-0.25, -0.2) is 0 Å². The molecule has 0 aliphatic carbocycles. The van der Waals surface area contributed by atoms with E-state index in [1.165, 1.54) is 17.0 Å². The third-order valence-corrected chi connectivity index (χ3v) is 5.25. The lowest BCUT2D eigenvalue weighted by molar-refractivity contribution is -0.117. The molecule has 0 radical (unpaired) electrons. The van der Waals surface area contributed by atoms with Gasteiger partial charge in [0.2, 0.25) is 5.91 Å². The summed E-state index contributed by atoms with van der Waals surface area (Å²) in [6.07, 6.45) is 3.85. The summed E-state index contributed by atoms with van der Waals surface area (Å²) in [6, 6.07) is 3.69. The number of aryl methyl sites for hydroxylation is 1. The summed E-state index contributed by atoms with van der Waals surface area (Å²) in [5, 5.41) is 9.29. The van der Waals surface area contributed by atoms with E-state index in [1.54, 1.807) is 11.4 Å². The van der Waals surface area contributed by atoms with Crippen LogP contribution in [-0.4, -0.2) is 46.1 Å². The summed E-state index contributed by atoms with van der Waals surface area (Å²) >= 11 is 1.31. The van der Waals surface area contributed by atoms with Crippen molar-refractivity contribution in [3.05, 3.63) is 35.0 Å². The third kappa shape index (κ3) is 3.65. The molecular weight excluding hydrogens is 326 g/mol. The van der Waals surface area contributed by atoms with Gasteiger partial charge in [0.05, 0.1) is 12.1 Å². The number of likely N-dealkylation sites (tertiary alicyclic amines) is 1. The second-order valence-corrected chi connectivity index (χ2v) is 6.92. The molecule has 0 atom stereocenters. The van der Waals surface area contributed by atoms with Crippen molar-refractivity contribution >= 4 is 28.2 Å². The molecule has 0 unspecified atom stereocenters. The van der Waals surface area contributed by atoms with Crippen LogP contribution >= 0.6 is 11.3 Å². The quantitative estimate of drug-likeness (QED) is 0.855. The van der Waals surface area contributed by atoms with Gasteiger partial charge in [-0.05, 0) is 43.4 Å². The smallest absolute Gasteiger partial charge is 0.251 e. The van der Waals surface area contributed by atoms with Crippen molar-refractivity contribution in [3.63, 3.8) is 0 Å². The molecule has 0 saturated carbocycles. The Kier molecular flexibility index (Phi) is 4.96. The Morgan fingerprint density at radius 2 is 2.12 bits per heavy atom. The summed E-state index contributed by atoms with van der Waals surface area (Å²) in [6.45, 7) is 2.07. The fraction of sp³-hybridized carbons (Fsp3) is 0.438. The van der Waals surface area contributed by atoms with Gasteiger partial charge in [0.25, 0.3) is 5.91 Å². The SMILES string of the molecule is Cn1nccc1C1CCN(CC(=O)Nc2sccc2C(N)=O)CC1. The summed E-state index contributed by atoms with van der Waals surface area (Å²) in [7, 11) is 1.96. The Balaban J connectivity index is 1.51. The highest BCUT2D eigenvalue weighted by molar-refractivity contribution is 7.14. The highest BCUT2D eigenvalue weighted by Crippen LogP contribution is 2.27. The largest absolute Gasteiger partial charge is 0.366 e. The van der Waals surface area contributed by atoms with Crippen LogP contribution < -0.4 is 11.1 Å². The molecule has 2 aromatic heterocycles. The number of amides is 2. The predicted octanol–water partition coefficient (Wildman–Crippen LogP) is 1.40. The minimum absolute atomic E-state index is 0.112. The van der Waals surface area contributed by atoms with E-state index in [9.17, 15) is 9.59 Å². The van der Waals surface area contributed by atoms with Crippen molar-refractivity contribution in [2.24, 2.45) is 12.8 Å². The number of nitrogens with two attached hydrogens (primary N) is 1. The number of anilines is 1. The van der Waals surface area contributed by atoms with Crippen LogP contribution in [0.3, 0.4) is 0 Å². The number of aromatic nitrogens is 2. The number of rotatable bonds is 5. The van der Waals surface area contributed by atoms with Gasteiger partial charge in [-0.2, -0.15) is 5.10 Å². The van der Waals surface area contributed by atoms with E-state index in [-0.39, 0.29) is 5.91 Å². The van der Waals surface area contributed by atoms with Crippen molar-refractivity contribution in [2.45, 2.75) is 18.8 Å². The molecule has 3 rings (SSSR count). The molecular formula is C16H21N5O2S. The van der Waals surface area contributed by atoms with E-state index in [4.69, 9.17) is 5.73 Å². The zero-order valence-electron chi connectivity index (χ0n) is 13.6. The molecule has 3 N–H and O–H groups in total. The van der Waals surface area contributed by atoms with Gasteiger partial charge >= 0.3 is 0 Å². The number of primary amides is 1. The lowest BCUT2D eigenvalue weighted by atomic mass is 9.93. The highest BCUT2D eigenvalue weighted by atomic mass is 32.1. The monoisotopic (exact) mass is 347 g/mol. The molecule has 0 aromatic carbocycles. The van der Waals surface area contributed by atoms with Crippen molar-refractivity contribution in [1.82, 2.24) is 14.7 Å². The normalized spacial score (nSPS) is 16.2. The lowest BCUT2D eigenvalue weighted by Gasteiger charge is -2.31. The molecule has 2 amide bonds. The average molecular weight is 347 g/mol.